The lowest BCUT2D eigenvalue weighted by Crippen LogP contribution is -2.30. The molecular formula is C10H14N2. The molecule has 0 saturated heterocycles. The third-order valence-corrected chi connectivity index (χ3v) is 2.40. The van der Waals surface area contributed by atoms with Crippen molar-refractivity contribution in [3.63, 3.8) is 0 Å². The first kappa shape index (κ1) is 8.65. The summed E-state index contributed by atoms with van der Waals surface area (Å²) in [5.74, 6) is 0. The van der Waals surface area contributed by atoms with E-state index in [1.54, 1.807) is 0 Å². The molecule has 64 valence electrons. The van der Waals surface area contributed by atoms with E-state index in [4.69, 9.17) is 11.5 Å². The number of hydrogen-bond acceptors (Lipinski definition) is 2. The van der Waals surface area contributed by atoms with Crippen LogP contribution in [-0.4, -0.2) is 0 Å². The van der Waals surface area contributed by atoms with E-state index in [9.17, 15) is 0 Å². The summed E-state index contributed by atoms with van der Waals surface area (Å²) in [6.07, 6.45) is 0. The Morgan fingerprint density at radius 2 is 1.33 bits per heavy atom. The van der Waals surface area contributed by atoms with Gasteiger partial charge in [0.2, 0.25) is 0 Å². The van der Waals surface area contributed by atoms with Gasteiger partial charge in [-0.2, -0.15) is 0 Å². The first-order chi connectivity index (χ1) is 5.46. The Balaban J connectivity index is 3.86. The standard InChI is InChI=1S/C10H14N2/c1-5-6(2)8(4)10(12)9(11)7(5)3/h1,3,11-12H2,2,4H3. The summed E-state index contributed by atoms with van der Waals surface area (Å²) in [5, 5.41) is 1.63. The number of rotatable bonds is 0. The maximum Gasteiger partial charge on any atom is 0.0624 e. The molecule has 0 radical (unpaired) electrons. The molecule has 1 aromatic rings. The van der Waals surface area contributed by atoms with E-state index in [-0.39, 0.29) is 0 Å². The molecule has 2 nitrogen and oxygen atoms in total. The van der Waals surface area contributed by atoms with Gasteiger partial charge in [0.1, 0.15) is 0 Å². The fraction of sp³-hybridized carbons (Fsp3) is 0.200. The van der Waals surface area contributed by atoms with Gasteiger partial charge in [-0.1, -0.05) is 13.2 Å². The topological polar surface area (TPSA) is 52.0 Å². The fourth-order valence-corrected chi connectivity index (χ4v) is 1.18. The minimum absolute atomic E-state index is 0.558. The lowest BCUT2D eigenvalue weighted by molar-refractivity contribution is 1.29. The Labute approximate surface area is 72.2 Å². The van der Waals surface area contributed by atoms with Gasteiger partial charge < -0.3 is 11.5 Å². The van der Waals surface area contributed by atoms with E-state index in [0.717, 1.165) is 21.6 Å². The second-order valence-corrected chi connectivity index (χ2v) is 3.03. The van der Waals surface area contributed by atoms with E-state index in [1.165, 1.54) is 0 Å². The molecule has 0 aliphatic rings. The second kappa shape index (κ2) is 2.55. The SMILES string of the molecule is C=c1c(C)c(C)c(N)c(N)c1=C. The van der Waals surface area contributed by atoms with Crippen LogP contribution in [0.3, 0.4) is 0 Å². The average molecular weight is 162 g/mol. The van der Waals surface area contributed by atoms with Crippen LogP contribution in [0.1, 0.15) is 11.1 Å². The van der Waals surface area contributed by atoms with E-state index < -0.39 is 0 Å². The number of benzene rings is 1. The first-order valence-electron chi connectivity index (χ1n) is 3.78. The molecule has 0 saturated carbocycles. The maximum atomic E-state index is 5.76. The zero-order valence-corrected chi connectivity index (χ0v) is 7.57. The van der Waals surface area contributed by atoms with Crippen molar-refractivity contribution in [2.75, 3.05) is 11.5 Å². The van der Waals surface area contributed by atoms with Gasteiger partial charge >= 0.3 is 0 Å². The highest BCUT2D eigenvalue weighted by atomic mass is 14.7. The molecule has 0 unspecified atom stereocenters. The molecule has 1 rings (SSSR count). The summed E-state index contributed by atoms with van der Waals surface area (Å²) in [7, 11) is 0. The predicted molar refractivity (Wildman–Crippen MR) is 55.0 cm³/mol. The van der Waals surface area contributed by atoms with Crippen molar-refractivity contribution < 1.29 is 0 Å². The summed E-state index contributed by atoms with van der Waals surface area (Å²) in [4.78, 5) is 0. The van der Waals surface area contributed by atoms with E-state index >= 15 is 0 Å². The smallest absolute Gasteiger partial charge is 0.0624 e. The van der Waals surface area contributed by atoms with Crippen molar-refractivity contribution in [1.82, 2.24) is 0 Å². The quantitative estimate of drug-likeness (QED) is 0.539. The zero-order chi connectivity index (χ0) is 9.46. The van der Waals surface area contributed by atoms with Crippen LogP contribution < -0.4 is 21.9 Å². The lowest BCUT2D eigenvalue weighted by Gasteiger charge is -2.08. The van der Waals surface area contributed by atoms with Crippen LogP contribution in [0.4, 0.5) is 11.4 Å². The molecule has 0 fully saturated rings. The molecule has 0 bridgehead atoms. The van der Waals surface area contributed by atoms with Gasteiger partial charge in [-0.05, 0) is 35.4 Å². The van der Waals surface area contributed by atoms with Crippen LogP contribution in [0.5, 0.6) is 0 Å². The van der Waals surface area contributed by atoms with Gasteiger partial charge in [-0.15, -0.1) is 0 Å². The molecule has 4 N–H and O–H groups in total. The van der Waals surface area contributed by atoms with Crippen molar-refractivity contribution in [1.29, 1.82) is 0 Å². The molecule has 0 aromatic heterocycles. The monoisotopic (exact) mass is 162 g/mol. The zero-order valence-electron chi connectivity index (χ0n) is 7.57. The summed E-state index contributed by atoms with van der Waals surface area (Å²) in [6.45, 7) is 11.6. The van der Waals surface area contributed by atoms with Crippen molar-refractivity contribution in [2.45, 2.75) is 13.8 Å². The molecule has 0 spiro atoms. The molecule has 0 amide bonds. The Morgan fingerprint density at radius 3 is 1.83 bits per heavy atom. The van der Waals surface area contributed by atoms with Crippen LogP contribution in [0.2, 0.25) is 0 Å². The van der Waals surface area contributed by atoms with Gasteiger partial charge in [0.15, 0.2) is 0 Å². The normalized spacial score (nSPS) is 10.2. The summed E-state index contributed by atoms with van der Waals surface area (Å²) < 4.78 is 0. The van der Waals surface area contributed by atoms with Gasteiger partial charge in [-0.25, -0.2) is 0 Å². The minimum Gasteiger partial charge on any atom is -0.397 e. The molecule has 0 heterocycles. The third-order valence-electron chi connectivity index (χ3n) is 2.40. The van der Waals surface area contributed by atoms with Gasteiger partial charge in [0, 0.05) is 0 Å². The molecule has 0 aliphatic heterocycles. The van der Waals surface area contributed by atoms with Crippen LogP contribution in [0, 0.1) is 13.8 Å². The highest BCUT2D eigenvalue weighted by Crippen LogP contribution is 2.15. The Bertz CT molecular complexity index is 378. The molecule has 12 heavy (non-hydrogen) atoms. The Kier molecular flexibility index (Phi) is 1.84. The van der Waals surface area contributed by atoms with Crippen molar-refractivity contribution in [2.24, 2.45) is 0 Å². The second-order valence-electron chi connectivity index (χ2n) is 3.03. The van der Waals surface area contributed by atoms with E-state index in [2.05, 4.69) is 13.2 Å². The minimum atomic E-state index is 0.558. The lowest BCUT2D eigenvalue weighted by atomic mass is 10.0. The Hall–Kier alpha value is -1.44. The highest BCUT2D eigenvalue weighted by molar-refractivity contribution is 5.70. The largest absolute Gasteiger partial charge is 0.397 e. The molecular weight excluding hydrogens is 148 g/mol. The average Bonchev–Trinajstić information content (AvgIpc) is 2.08. The summed E-state index contributed by atoms with van der Waals surface area (Å²) >= 11 is 0. The first-order valence-corrected chi connectivity index (χ1v) is 3.78. The number of anilines is 2. The summed E-state index contributed by atoms with van der Waals surface area (Å²) in [5.41, 5.74) is 14.8. The van der Waals surface area contributed by atoms with E-state index in [0.29, 0.717) is 11.4 Å². The number of hydrogen-bond donors (Lipinski definition) is 2. The molecule has 0 atom stereocenters. The van der Waals surface area contributed by atoms with Crippen LogP contribution in [-0.2, 0) is 0 Å². The van der Waals surface area contributed by atoms with E-state index in [1.807, 2.05) is 13.8 Å². The van der Waals surface area contributed by atoms with Crippen molar-refractivity contribution in [3.05, 3.63) is 21.6 Å². The van der Waals surface area contributed by atoms with Crippen molar-refractivity contribution in [3.8, 4) is 0 Å². The van der Waals surface area contributed by atoms with Crippen LogP contribution in [0.25, 0.3) is 13.2 Å². The number of nitrogens with two attached hydrogens (primary N) is 2. The number of nitrogen functional groups attached to an aromatic ring is 2. The van der Waals surface area contributed by atoms with Crippen LogP contribution in [0.15, 0.2) is 0 Å². The van der Waals surface area contributed by atoms with Crippen molar-refractivity contribution >= 4 is 24.5 Å². The van der Waals surface area contributed by atoms with Gasteiger partial charge in [0.05, 0.1) is 11.4 Å². The van der Waals surface area contributed by atoms with Gasteiger partial charge in [0.25, 0.3) is 0 Å². The third kappa shape index (κ3) is 0.961. The Morgan fingerprint density at radius 1 is 0.833 bits per heavy atom. The molecule has 0 aliphatic carbocycles. The summed E-state index contributed by atoms with van der Waals surface area (Å²) in [6, 6.07) is 0. The molecule has 1 aromatic carbocycles. The molecule has 2 heteroatoms. The van der Waals surface area contributed by atoms with Gasteiger partial charge in [-0.3, -0.25) is 0 Å². The highest BCUT2D eigenvalue weighted by Gasteiger charge is 2.04. The van der Waals surface area contributed by atoms with Crippen LogP contribution >= 0.6 is 0 Å². The predicted octanol–water partition coefficient (Wildman–Crippen LogP) is 0.288. The fourth-order valence-electron chi connectivity index (χ4n) is 1.18. The maximum absolute atomic E-state index is 5.76.